The number of nitrogens with one attached hydrogen (secondary N) is 1. The van der Waals surface area contributed by atoms with Gasteiger partial charge in [0, 0.05) is 55.8 Å². The van der Waals surface area contributed by atoms with Gasteiger partial charge in [-0.3, -0.25) is 9.48 Å². The predicted octanol–water partition coefficient (Wildman–Crippen LogP) is 2.60. The van der Waals surface area contributed by atoms with Crippen LogP contribution in [-0.4, -0.2) is 50.2 Å². The van der Waals surface area contributed by atoms with E-state index in [-0.39, 0.29) is 11.9 Å². The summed E-state index contributed by atoms with van der Waals surface area (Å²) in [5.74, 6) is 1.55. The second-order valence-electron chi connectivity index (χ2n) is 8.60. The lowest BCUT2D eigenvalue weighted by Gasteiger charge is -2.30. The molecule has 0 unspecified atom stereocenters. The van der Waals surface area contributed by atoms with E-state index in [1.54, 1.807) is 0 Å². The molecule has 1 amide bonds. The van der Waals surface area contributed by atoms with Crippen molar-refractivity contribution in [3.8, 4) is 0 Å². The van der Waals surface area contributed by atoms with E-state index in [0.29, 0.717) is 18.9 Å². The highest BCUT2D eigenvalue weighted by Gasteiger charge is 2.26. The molecule has 1 fully saturated rings. The molecule has 0 spiro atoms. The average Bonchev–Trinajstić information content (AvgIpc) is 3.01. The smallest absolute Gasteiger partial charge is 0.225 e. The third kappa shape index (κ3) is 4.06. The fraction of sp³-hybridized carbons (Fsp3) is 0.636. The van der Waals surface area contributed by atoms with Crippen LogP contribution in [0.1, 0.15) is 72.2 Å². The molecule has 4 rings (SSSR count). The molecule has 0 saturated carbocycles. The lowest BCUT2D eigenvalue weighted by Crippen LogP contribution is -2.38. The average molecular weight is 397 g/mol. The van der Waals surface area contributed by atoms with E-state index in [1.807, 2.05) is 22.7 Å². The van der Waals surface area contributed by atoms with Crippen LogP contribution in [0.15, 0.2) is 6.20 Å². The standard InChI is InChI=1S/C22H32N6O/c1-14(28-17(4)15(2)16(3)26-28)10-21(29)27-9-7-20-19(13-27)12-24-22(25-20)18-6-5-8-23-11-18/h12,14,18,23H,5-11,13H2,1-4H3/t14-,18+/m0/s1. The highest BCUT2D eigenvalue weighted by Crippen LogP contribution is 2.25. The summed E-state index contributed by atoms with van der Waals surface area (Å²) in [5, 5.41) is 8.05. The van der Waals surface area contributed by atoms with Gasteiger partial charge in [0.2, 0.25) is 5.91 Å². The molecule has 0 aromatic carbocycles. The number of fused-ring (bicyclic) bond motifs is 1. The molecule has 1 N–H and O–H groups in total. The van der Waals surface area contributed by atoms with E-state index in [9.17, 15) is 4.79 Å². The summed E-state index contributed by atoms with van der Waals surface area (Å²) < 4.78 is 1.99. The second-order valence-corrected chi connectivity index (χ2v) is 8.60. The Kier molecular flexibility index (Phi) is 5.67. The SMILES string of the molecule is Cc1nn([C@@H](C)CC(=O)N2CCc3nc([C@@H]4CCCNC4)ncc3C2)c(C)c1C. The van der Waals surface area contributed by atoms with Gasteiger partial charge in [-0.1, -0.05) is 0 Å². The number of rotatable bonds is 4. The first-order valence-electron chi connectivity index (χ1n) is 10.8. The Morgan fingerprint density at radius 1 is 1.34 bits per heavy atom. The van der Waals surface area contributed by atoms with E-state index in [2.05, 4.69) is 36.2 Å². The molecule has 156 valence electrons. The molecule has 2 aromatic rings. The van der Waals surface area contributed by atoms with Gasteiger partial charge >= 0.3 is 0 Å². The first kappa shape index (κ1) is 20.0. The summed E-state index contributed by atoms with van der Waals surface area (Å²) in [4.78, 5) is 24.4. The van der Waals surface area contributed by atoms with E-state index in [0.717, 1.165) is 60.9 Å². The van der Waals surface area contributed by atoms with Crippen molar-refractivity contribution in [2.24, 2.45) is 0 Å². The number of hydrogen-bond acceptors (Lipinski definition) is 5. The minimum Gasteiger partial charge on any atom is -0.338 e. The highest BCUT2D eigenvalue weighted by molar-refractivity contribution is 5.77. The normalized spacial score (nSPS) is 20.4. The van der Waals surface area contributed by atoms with Crippen molar-refractivity contribution in [3.05, 3.63) is 40.2 Å². The van der Waals surface area contributed by atoms with Gasteiger partial charge < -0.3 is 10.2 Å². The Balaban J connectivity index is 1.41. The van der Waals surface area contributed by atoms with Crippen molar-refractivity contribution < 1.29 is 4.79 Å². The van der Waals surface area contributed by atoms with Crippen LogP contribution < -0.4 is 5.32 Å². The number of amides is 1. The topological polar surface area (TPSA) is 75.9 Å². The van der Waals surface area contributed by atoms with E-state index < -0.39 is 0 Å². The van der Waals surface area contributed by atoms with Crippen molar-refractivity contribution >= 4 is 5.91 Å². The van der Waals surface area contributed by atoms with Crippen molar-refractivity contribution in [3.63, 3.8) is 0 Å². The first-order valence-corrected chi connectivity index (χ1v) is 10.8. The first-order chi connectivity index (χ1) is 13.9. The molecule has 2 aromatic heterocycles. The Labute approximate surface area is 172 Å². The van der Waals surface area contributed by atoms with Gasteiger partial charge in [0.05, 0.1) is 17.4 Å². The zero-order valence-electron chi connectivity index (χ0n) is 18.0. The second kappa shape index (κ2) is 8.22. The molecule has 0 radical (unpaired) electrons. The minimum atomic E-state index is 0.0497. The van der Waals surface area contributed by atoms with E-state index in [1.165, 1.54) is 12.0 Å². The molecule has 1 saturated heterocycles. The largest absolute Gasteiger partial charge is 0.338 e. The van der Waals surface area contributed by atoms with Crippen LogP contribution >= 0.6 is 0 Å². The van der Waals surface area contributed by atoms with Gasteiger partial charge in [-0.25, -0.2) is 9.97 Å². The summed E-state index contributed by atoms with van der Waals surface area (Å²) in [5.41, 5.74) is 5.59. The van der Waals surface area contributed by atoms with Crippen LogP contribution in [0.4, 0.5) is 0 Å². The number of carbonyl (C=O) groups excluding carboxylic acids is 1. The molecule has 0 bridgehead atoms. The summed E-state index contributed by atoms with van der Waals surface area (Å²) in [6.07, 6.45) is 5.55. The molecular weight excluding hydrogens is 364 g/mol. The fourth-order valence-corrected chi connectivity index (χ4v) is 4.46. The lowest BCUT2D eigenvalue weighted by molar-refractivity contribution is -0.133. The minimum absolute atomic E-state index is 0.0497. The molecule has 29 heavy (non-hydrogen) atoms. The Morgan fingerprint density at radius 3 is 2.86 bits per heavy atom. The fourth-order valence-electron chi connectivity index (χ4n) is 4.46. The Morgan fingerprint density at radius 2 is 2.17 bits per heavy atom. The molecule has 2 aliphatic rings. The van der Waals surface area contributed by atoms with Gasteiger partial charge in [0.1, 0.15) is 5.82 Å². The van der Waals surface area contributed by atoms with Gasteiger partial charge in [0.25, 0.3) is 0 Å². The number of nitrogens with zero attached hydrogens (tertiary/aromatic N) is 5. The molecule has 7 nitrogen and oxygen atoms in total. The number of aryl methyl sites for hydroxylation is 1. The maximum Gasteiger partial charge on any atom is 0.225 e. The van der Waals surface area contributed by atoms with Gasteiger partial charge in [-0.15, -0.1) is 0 Å². The summed E-state index contributed by atoms with van der Waals surface area (Å²) >= 11 is 0. The highest BCUT2D eigenvalue weighted by atomic mass is 16.2. The Bertz CT molecular complexity index is 899. The van der Waals surface area contributed by atoms with Crippen LogP contribution in [0.25, 0.3) is 0 Å². The van der Waals surface area contributed by atoms with Crippen molar-refractivity contribution in [1.29, 1.82) is 0 Å². The quantitative estimate of drug-likeness (QED) is 0.860. The summed E-state index contributed by atoms with van der Waals surface area (Å²) in [6, 6.07) is 0.0497. The molecule has 4 heterocycles. The van der Waals surface area contributed by atoms with Crippen LogP contribution in [0.3, 0.4) is 0 Å². The molecule has 2 atom stereocenters. The summed E-state index contributed by atoms with van der Waals surface area (Å²) in [7, 11) is 0. The maximum atomic E-state index is 12.9. The van der Waals surface area contributed by atoms with Gasteiger partial charge in [-0.05, 0) is 52.6 Å². The number of hydrogen-bond donors (Lipinski definition) is 1. The number of piperidine rings is 1. The van der Waals surface area contributed by atoms with Crippen molar-refractivity contribution in [2.45, 2.75) is 71.9 Å². The summed E-state index contributed by atoms with van der Waals surface area (Å²) in [6.45, 7) is 11.6. The zero-order chi connectivity index (χ0) is 20.5. The Hall–Kier alpha value is -2.28. The van der Waals surface area contributed by atoms with Crippen molar-refractivity contribution in [2.75, 3.05) is 19.6 Å². The number of aromatic nitrogens is 4. The molecule has 0 aliphatic carbocycles. The zero-order valence-corrected chi connectivity index (χ0v) is 18.0. The van der Waals surface area contributed by atoms with E-state index >= 15 is 0 Å². The van der Waals surface area contributed by atoms with Crippen LogP contribution in [0.5, 0.6) is 0 Å². The van der Waals surface area contributed by atoms with Crippen LogP contribution in [0, 0.1) is 20.8 Å². The third-order valence-electron chi connectivity index (χ3n) is 6.54. The molecule has 2 aliphatic heterocycles. The van der Waals surface area contributed by atoms with Crippen molar-refractivity contribution in [1.82, 2.24) is 30.0 Å². The lowest BCUT2D eigenvalue weighted by atomic mass is 9.98. The van der Waals surface area contributed by atoms with Gasteiger partial charge in [0.15, 0.2) is 0 Å². The maximum absolute atomic E-state index is 12.9. The number of carbonyl (C=O) groups is 1. The van der Waals surface area contributed by atoms with Crippen LogP contribution in [-0.2, 0) is 17.8 Å². The van der Waals surface area contributed by atoms with Crippen LogP contribution in [0.2, 0.25) is 0 Å². The van der Waals surface area contributed by atoms with Gasteiger partial charge in [-0.2, -0.15) is 5.10 Å². The molecular formula is C22H32N6O. The van der Waals surface area contributed by atoms with E-state index in [4.69, 9.17) is 4.98 Å². The molecule has 7 heteroatoms. The third-order valence-corrected chi connectivity index (χ3v) is 6.54. The monoisotopic (exact) mass is 396 g/mol. The predicted molar refractivity (Wildman–Crippen MR) is 112 cm³/mol.